The van der Waals surface area contributed by atoms with Gasteiger partial charge in [0, 0.05) is 17.2 Å². The normalized spacial score (nSPS) is 13.2. The summed E-state index contributed by atoms with van der Waals surface area (Å²) in [4.78, 5) is 12.2. The highest BCUT2D eigenvalue weighted by atomic mass is 19.1. The van der Waals surface area contributed by atoms with Gasteiger partial charge in [-0.2, -0.15) is 0 Å². The summed E-state index contributed by atoms with van der Waals surface area (Å²) in [5.41, 5.74) is 1.68. The molecule has 1 heterocycles. The number of halogens is 1. The van der Waals surface area contributed by atoms with E-state index in [4.69, 9.17) is 14.2 Å². The number of benzene rings is 2. The van der Waals surface area contributed by atoms with E-state index in [1.807, 2.05) is 13.0 Å². The average Bonchev–Trinajstić information content (AvgIpc) is 2.61. The third-order valence-electron chi connectivity index (χ3n) is 3.56. The van der Waals surface area contributed by atoms with E-state index in [0.717, 1.165) is 0 Å². The van der Waals surface area contributed by atoms with E-state index in [2.05, 4.69) is 5.32 Å². The van der Waals surface area contributed by atoms with Crippen molar-refractivity contribution in [2.24, 2.45) is 0 Å². The fourth-order valence-electron chi connectivity index (χ4n) is 2.52. The van der Waals surface area contributed by atoms with Gasteiger partial charge in [-0.1, -0.05) is 12.1 Å². The lowest BCUT2D eigenvalue weighted by molar-refractivity contribution is -0.111. The van der Waals surface area contributed by atoms with Gasteiger partial charge < -0.3 is 19.5 Å². The van der Waals surface area contributed by atoms with Gasteiger partial charge in [0.25, 0.3) is 0 Å². The van der Waals surface area contributed by atoms with Crippen molar-refractivity contribution in [3.8, 4) is 11.5 Å². The van der Waals surface area contributed by atoms with Crippen LogP contribution in [0.25, 0.3) is 6.08 Å². The van der Waals surface area contributed by atoms with Gasteiger partial charge in [-0.3, -0.25) is 4.79 Å². The molecular weight excluding hydrogens is 325 g/mol. The Hall–Kier alpha value is -2.86. The zero-order chi connectivity index (χ0) is 17.6. The predicted molar refractivity (Wildman–Crippen MR) is 92.0 cm³/mol. The second kappa shape index (κ2) is 7.81. The molecule has 3 rings (SSSR count). The highest BCUT2D eigenvalue weighted by Crippen LogP contribution is 2.30. The molecule has 5 nitrogen and oxygen atoms in total. The predicted octanol–water partition coefficient (Wildman–Crippen LogP) is 3.74. The van der Waals surface area contributed by atoms with Crippen molar-refractivity contribution < 1.29 is 23.4 Å². The van der Waals surface area contributed by atoms with Crippen LogP contribution in [0.1, 0.15) is 18.1 Å². The first-order chi connectivity index (χ1) is 12.2. The van der Waals surface area contributed by atoms with Crippen LogP contribution in [0.3, 0.4) is 0 Å². The molecule has 2 aromatic carbocycles. The first kappa shape index (κ1) is 17.0. The Morgan fingerprint density at radius 2 is 2.20 bits per heavy atom. The molecule has 0 aromatic heterocycles. The van der Waals surface area contributed by atoms with Gasteiger partial charge in [-0.05, 0) is 37.3 Å². The lowest BCUT2D eigenvalue weighted by atomic mass is 10.1. The molecule has 1 aliphatic heterocycles. The molecule has 25 heavy (non-hydrogen) atoms. The van der Waals surface area contributed by atoms with Crippen LogP contribution in [0.5, 0.6) is 11.5 Å². The molecule has 1 aliphatic rings. The number of ether oxygens (including phenoxy) is 3. The SMILES string of the molecule is CCOc1ccccc1NC(=O)C=Cc1cc(F)cc2c1OCOC2. The number of anilines is 1. The standard InChI is InChI=1S/C19H18FNO4/c1-2-24-17-6-4-3-5-16(17)21-18(22)8-7-13-9-15(20)10-14-11-23-12-25-19(13)14/h3-10H,2,11-12H2,1H3,(H,21,22). The second-order valence-electron chi connectivity index (χ2n) is 5.35. The van der Waals surface area contributed by atoms with E-state index in [1.54, 1.807) is 18.2 Å². The van der Waals surface area contributed by atoms with Crippen molar-refractivity contribution in [3.63, 3.8) is 0 Å². The fraction of sp³-hybridized carbons (Fsp3) is 0.211. The molecule has 0 saturated carbocycles. The van der Waals surface area contributed by atoms with Crippen LogP contribution in [0, 0.1) is 5.82 Å². The number of fused-ring (bicyclic) bond motifs is 1. The number of hydrogen-bond acceptors (Lipinski definition) is 4. The summed E-state index contributed by atoms with van der Waals surface area (Å²) < 4.78 is 29.7. The van der Waals surface area contributed by atoms with Crippen molar-refractivity contribution in [2.75, 3.05) is 18.7 Å². The number of carbonyl (C=O) groups excluding carboxylic acids is 1. The molecule has 130 valence electrons. The quantitative estimate of drug-likeness (QED) is 0.840. The number of nitrogens with one attached hydrogen (secondary N) is 1. The fourth-order valence-corrected chi connectivity index (χ4v) is 2.52. The molecule has 0 unspecified atom stereocenters. The highest BCUT2D eigenvalue weighted by molar-refractivity contribution is 6.03. The van der Waals surface area contributed by atoms with E-state index in [1.165, 1.54) is 24.3 Å². The maximum absolute atomic E-state index is 13.7. The van der Waals surface area contributed by atoms with Gasteiger partial charge in [0.15, 0.2) is 6.79 Å². The summed E-state index contributed by atoms with van der Waals surface area (Å²) in [6, 6.07) is 9.85. The molecule has 2 aromatic rings. The van der Waals surface area contributed by atoms with Crippen LogP contribution in [-0.4, -0.2) is 19.3 Å². The summed E-state index contributed by atoms with van der Waals surface area (Å²) >= 11 is 0. The molecule has 0 saturated heterocycles. The molecule has 0 aliphatic carbocycles. The maximum atomic E-state index is 13.7. The van der Waals surface area contributed by atoms with Crippen molar-refractivity contribution >= 4 is 17.7 Å². The van der Waals surface area contributed by atoms with E-state index in [0.29, 0.717) is 34.9 Å². The van der Waals surface area contributed by atoms with Gasteiger partial charge in [-0.15, -0.1) is 0 Å². The Balaban J connectivity index is 1.77. The average molecular weight is 343 g/mol. The van der Waals surface area contributed by atoms with Gasteiger partial charge in [0.05, 0.1) is 18.9 Å². The third-order valence-corrected chi connectivity index (χ3v) is 3.56. The lowest BCUT2D eigenvalue weighted by Gasteiger charge is -2.19. The summed E-state index contributed by atoms with van der Waals surface area (Å²) in [5.74, 6) is 0.369. The Morgan fingerprint density at radius 3 is 3.04 bits per heavy atom. The minimum atomic E-state index is -0.408. The molecule has 0 atom stereocenters. The number of hydrogen-bond donors (Lipinski definition) is 1. The second-order valence-corrected chi connectivity index (χ2v) is 5.35. The summed E-state index contributed by atoms with van der Waals surface area (Å²) in [5, 5.41) is 2.75. The maximum Gasteiger partial charge on any atom is 0.248 e. The summed E-state index contributed by atoms with van der Waals surface area (Å²) in [6.07, 6.45) is 2.85. The number of amides is 1. The van der Waals surface area contributed by atoms with Crippen LogP contribution < -0.4 is 14.8 Å². The van der Waals surface area contributed by atoms with Gasteiger partial charge >= 0.3 is 0 Å². The molecule has 1 amide bonds. The van der Waals surface area contributed by atoms with Crippen LogP contribution in [0.4, 0.5) is 10.1 Å². The van der Waals surface area contributed by atoms with Gasteiger partial charge in [-0.25, -0.2) is 4.39 Å². The van der Waals surface area contributed by atoms with Crippen LogP contribution in [0.15, 0.2) is 42.5 Å². The Kier molecular flexibility index (Phi) is 5.30. The van der Waals surface area contributed by atoms with Crippen LogP contribution in [0.2, 0.25) is 0 Å². The van der Waals surface area contributed by atoms with Gasteiger partial charge in [0.2, 0.25) is 5.91 Å². The summed E-state index contributed by atoms with van der Waals surface area (Å²) in [7, 11) is 0. The lowest BCUT2D eigenvalue weighted by Crippen LogP contribution is -2.13. The van der Waals surface area contributed by atoms with E-state index in [-0.39, 0.29) is 19.3 Å². The smallest absolute Gasteiger partial charge is 0.248 e. The van der Waals surface area contributed by atoms with Crippen molar-refractivity contribution in [2.45, 2.75) is 13.5 Å². The molecular formula is C19H18FNO4. The van der Waals surface area contributed by atoms with Crippen molar-refractivity contribution in [1.82, 2.24) is 0 Å². The van der Waals surface area contributed by atoms with E-state index >= 15 is 0 Å². The molecule has 0 fully saturated rings. The summed E-state index contributed by atoms with van der Waals surface area (Å²) in [6.45, 7) is 2.75. The largest absolute Gasteiger partial charge is 0.492 e. The Labute approximate surface area is 145 Å². The third kappa shape index (κ3) is 4.16. The molecule has 0 radical (unpaired) electrons. The molecule has 1 N–H and O–H groups in total. The highest BCUT2D eigenvalue weighted by Gasteiger charge is 2.15. The minimum absolute atomic E-state index is 0.105. The van der Waals surface area contributed by atoms with E-state index in [9.17, 15) is 9.18 Å². The monoisotopic (exact) mass is 343 g/mol. The number of para-hydroxylation sites is 2. The van der Waals surface area contributed by atoms with Crippen LogP contribution in [-0.2, 0) is 16.1 Å². The zero-order valence-electron chi connectivity index (χ0n) is 13.8. The van der Waals surface area contributed by atoms with Gasteiger partial charge in [0.1, 0.15) is 17.3 Å². The molecule has 0 bridgehead atoms. The minimum Gasteiger partial charge on any atom is -0.492 e. The first-order valence-electron chi connectivity index (χ1n) is 7.91. The molecule has 6 heteroatoms. The zero-order valence-corrected chi connectivity index (χ0v) is 13.8. The topological polar surface area (TPSA) is 56.8 Å². The Morgan fingerprint density at radius 1 is 1.36 bits per heavy atom. The Bertz CT molecular complexity index is 804. The first-order valence-corrected chi connectivity index (χ1v) is 7.91. The van der Waals surface area contributed by atoms with Crippen LogP contribution >= 0.6 is 0 Å². The molecule has 0 spiro atoms. The van der Waals surface area contributed by atoms with E-state index < -0.39 is 5.82 Å². The number of carbonyl (C=O) groups is 1. The van der Waals surface area contributed by atoms with Crippen molar-refractivity contribution in [3.05, 3.63) is 59.4 Å². The van der Waals surface area contributed by atoms with Crippen molar-refractivity contribution in [1.29, 1.82) is 0 Å². The number of rotatable bonds is 5.